The van der Waals surface area contributed by atoms with Gasteiger partial charge in [0.05, 0.1) is 25.3 Å². The number of hydrogen-bond donors (Lipinski definition) is 2. The monoisotopic (exact) mass is 442 g/mol. The number of nitrogens with one attached hydrogen (secondary N) is 1. The molecule has 8 heteroatoms. The molecule has 0 heterocycles. The van der Waals surface area contributed by atoms with Gasteiger partial charge in [-0.15, -0.1) is 24.0 Å². The first-order valence-corrected chi connectivity index (χ1v) is 7.02. The molecule has 0 aliphatic carbocycles. The van der Waals surface area contributed by atoms with Crippen molar-refractivity contribution in [1.29, 1.82) is 0 Å². The molecule has 3 N–H and O–H groups in total. The van der Waals surface area contributed by atoms with Crippen molar-refractivity contribution in [1.82, 2.24) is 4.90 Å². The van der Waals surface area contributed by atoms with Gasteiger partial charge in [0.25, 0.3) is 0 Å². The maximum Gasteiger partial charge on any atom is 0.193 e. The van der Waals surface area contributed by atoms with Crippen LogP contribution in [0.4, 0.5) is 5.69 Å². The van der Waals surface area contributed by atoms with Gasteiger partial charge in [-0.2, -0.15) is 0 Å². The Morgan fingerprint density at radius 1 is 1.36 bits per heavy atom. The van der Waals surface area contributed by atoms with Crippen molar-refractivity contribution < 1.29 is 9.47 Å². The lowest BCUT2D eigenvalue weighted by Gasteiger charge is -2.14. The van der Waals surface area contributed by atoms with Gasteiger partial charge in [-0.05, 0) is 25.2 Å². The fraction of sp³-hybridized carbons (Fsp3) is 0.500. The van der Waals surface area contributed by atoms with Crippen molar-refractivity contribution in [3.8, 4) is 5.75 Å². The molecule has 0 unspecified atom stereocenters. The van der Waals surface area contributed by atoms with Crippen LogP contribution in [-0.2, 0) is 4.74 Å². The Bertz CT molecular complexity index is 474. The molecular formula is C14H24ClIN4O2. The summed E-state index contributed by atoms with van der Waals surface area (Å²) < 4.78 is 10.1. The van der Waals surface area contributed by atoms with Gasteiger partial charge >= 0.3 is 0 Å². The average molecular weight is 443 g/mol. The summed E-state index contributed by atoms with van der Waals surface area (Å²) in [6.07, 6.45) is 0. The lowest BCUT2D eigenvalue weighted by Crippen LogP contribution is -2.28. The van der Waals surface area contributed by atoms with Crippen LogP contribution in [0.3, 0.4) is 0 Å². The fourth-order valence-corrected chi connectivity index (χ4v) is 1.89. The minimum Gasteiger partial charge on any atom is -0.495 e. The van der Waals surface area contributed by atoms with Crippen LogP contribution in [0.1, 0.15) is 0 Å². The first-order valence-electron chi connectivity index (χ1n) is 6.64. The number of benzene rings is 1. The Morgan fingerprint density at radius 3 is 2.68 bits per heavy atom. The zero-order chi connectivity index (χ0) is 15.7. The molecule has 1 aromatic carbocycles. The van der Waals surface area contributed by atoms with Crippen molar-refractivity contribution in [3.63, 3.8) is 0 Å². The molecule has 6 nitrogen and oxygen atoms in total. The number of anilines is 1. The molecule has 0 bridgehead atoms. The van der Waals surface area contributed by atoms with Gasteiger partial charge in [-0.3, -0.25) is 4.99 Å². The number of methoxy groups -OCH3 is 2. The number of nitrogens with zero attached hydrogens (tertiary/aromatic N) is 2. The molecule has 0 radical (unpaired) electrons. The van der Waals surface area contributed by atoms with E-state index in [0.717, 1.165) is 18.8 Å². The van der Waals surface area contributed by atoms with E-state index in [-0.39, 0.29) is 24.0 Å². The first kappa shape index (κ1) is 21.2. The molecule has 0 aromatic heterocycles. The lowest BCUT2D eigenvalue weighted by molar-refractivity contribution is 0.163. The van der Waals surface area contributed by atoms with Crippen LogP contribution >= 0.6 is 35.6 Å². The van der Waals surface area contributed by atoms with E-state index < -0.39 is 0 Å². The molecule has 0 atom stereocenters. The summed E-state index contributed by atoms with van der Waals surface area (Å²) in [6, 6.07) is 5.35. The molecule has 0 aliphatic rings. The average Bonchev–Trinajstić information content (AvgIpc) is 2.45. The molecule has 0 fully saturated rings. The van der Waals surface area contributed by atoms with E-state index in [9.17, 15) is 0 Å². The Kier molecular flexibility index (Phi) is 11.3. The Hall–Kier alpha value is -0.770. The molecule has 0 aliphatic heterocycles. The van der Waals surface area contributed by atoms with Gasteiger partial charge in [0.2, 0.25) is 0 Å². The highest BCUT2D eigenvalue weighted by Gasteiger charge is 2.02. The van der Waals surface area contributed by atoms with Crippen molar-refractivity contribution in [2.24, 2.45) is 10.7 Å². The van der Waals surface area contributed by atoms with Crippen LogP contribution in [-0.4, -0.2) is 58.4 Å². The smallest absolute Gasteiger partial charge is 0.193 e. The number of aliphatic imine (C=N–C) groups is 1. The second-order valence-corrected chi connectivity index (χ2v) is 4.94. The molecule has 126 valence electrons. The van der Waals surface area contributed by atoms with Crippen LogP contribution in [0, 0.1) is 0 Å². The molecule has 0 spiro atoms. The lowest BCUT2D eigenvalue weighted by atomic mass is 10.3. The van der Waals surface area contributed by atoms with Crippen LogP contribution < -0.4 is 15.8 Å². The second kappa shape index (κ2) is 11.8. The number of guanidine groups is 1. The summed E-state index contributed by atoms with van der Waals surface area (Å²) >= 11 is 6.04. The van der Waals surface area contributed by atoms with E-state index in [1.807, 2.05) is 13.1 Å². The molecule has 0 amide bonds. The van der Waals surface area contributed by atoms with Crippen molar-refractivity contribution in [2.75, 3.05) is 52.8 Å². The van der Waals surface area contributed by atoms with Gasteiger partial charge in [0.15, 0.2) is 5.96 Å². The van der Waals surface area contributed by atoms with Gasteiger partial charge in [0, 0.05) is 25.9 Å². The molecule has 22 heavy (non-hydrogen) atoms. The normalized spacial score (nSPS) is 11.2. The standard InChI is InChI=1S/C14H23ClN4O2.HI/c1-19(8-9-20-2)7-6-17-14(16)18-11-4-5-13(21-3)12(15)10-11;/h4-5,10H,6-9H2,1-3H3,(H3,16,17,18);1H. The van der Waals surface area contributed by atoms with Gasteiger partial charge in [-0.25, -0.2) is 0 Å². The van der Waals surface area contributed by atoms with Crippen LogP contribution in [0.2, 0.25) is 5.02 Å². The fourth-order valence-electron chi connectivity index (χ4n) is 1.63. The van der Waals surface area contributed by atoms with E-state index in [0.29, 0.717) is 29.9 Å². The Balaban J connectivity index is 0.00000441. The number of hydrogen-bond acceptors (Lipinski definition) is 4. The molecule has 0 saturated carbocycles. The highest BCUT2D eigenvalue weighted by Crippen LogP contribution is 2.26. The number of nitrogens with two attached hydrogens (primary N) is 1. The summed E-state index contributed by atoms with van der Waals surface area (Å²) in [7, 11) is 5.28. The number of likely N-dealkylation sites (N-methyl/N-ethyl adjacent to an activating group) is 1. The number of ether oxygens (including phenoxy) is 2. The topological polar surface area (TPSA) is 72.1 Å². The van der Waals surface area contributed by atoms with E-state index in [2.05, 4.69) is 15.2 Å². The minimum atomic E-state index is 0. The quantitative estimate of drug-likeness (QED) is 0.367. The van der Waals surface area contributed by atoms with E-state index in [4.69, 9.17) is 26.8 Å². The molecule has 0 saturated heterocycles. The van der Waals surface area contributed by atoms with Crippen LogP contribution in [0.25, 0.3) is 0 Å². The zero-order valence-electron chi connectivity index (χ0n) is 13.1. The summed E-state index contributed by atoms with van der Waals surface area (Å²) in [4.78, 5) is 6.40. The predicted octanol–water partition coefficient (Wildman–Crippen LogP) is 2.27. The largest absolute Gasteiger partial charge is 0.495 e. The van der Waals surface area contributed by atoms with Crippen molar-refractivity contribution >= 4 is 47.2 Å². The Morgan fingerprint density at radius 2 is 2.09 bits per heavy atom. The van der Waals surface area contributed by atoms with E-state index in [1.165, 1.54) is 0 Å². The third kappa shape index (κ3) is 8.02. The highest BCUT2D eigenvalue weighted by molar-refractivity contribution is 14.0. The maximum absolute atomic E-state index is 6.04. The second-order valence-electron chi connectivity index (χ2n) is 4.54. The summed E-state index contributed by atoms with van der Waals surface area (Å²) in [5.74, 6) is 0.980. The number of rotatable bonds is 8. The van der Waals surface area contributed by atoms with Crippen molar-refractivity contribution in [3.05, 3.63) is 23.2 Å². The van der Waals surface area contributed by atoms with Gasteiger partial charge in [-0.1, -0.05) is 11.6 Å². The van der Waals surface area contributed by atoms with Gasteiger partial charge in [0.1, 0.15) is 5.75 Å². The van der Waals surface area contributed by atoms with Crippen molar-refractivity contribution in [2.45, 2.75) is 0 Å². The molecule has 1 rings (SSSR count). The summed E-state index contributed by atoms with van der Waals surface area (Å²) in [5, 5.41) is 3.52. The van der Waals surface area contributed by atoms with Gasteiger partial charge < -0.3 is 25.4 Å². The Labute approximate surface area is 154 Å². The van der Waals surface area contributed by atoms with E-state index >= 15 is 0 Å². The molecule has 1 aromatic rings. The molecular weight excluding hydrogens is 419 g/mol. The predicted molar refractivity (Wildman–Crippen MR) is 103 cm³/mol. The summed E-state index contributed by atoms with van der Waals surface area (Å²) in [5.41, 5.74) is 6.61. The zero-order valence-corrected chi connectivity index (χ0v) is 16.2. The third-order valence-corrected chi connectivity index (χ3v) is 3.16. The highest BCUT2D eigenvalue weighted by atomic mass is 127. The van der Waals surface area contributed by atoms with Crippen LogP contribution in [0.15, 0.2) is 23.2 Å². The number of halogens is 2. The minimum absolute atomic E-state index is 0. The van der Waals surface area contributed by atoms with E-state index in [1.54, 1.807) is 26.4 Å². The SMILES string of the molecule is COCCN(C)CCN=C(N)Nc1ccc(OC)c(Cl)c1.I. The maximum atomic E-state index is 6.04. The van der Waals surface area contributed by atoms with Crippen LogP contribution in [0.5, 0.6) is 5.75 Å². The summed E-state index contributed by atoms with van der Waals surface area (Å²) in [6.45, 7) is 3.00. The third-order valence-electron chi connectivity index (χ3n) is 2.87. The first-order chi connectivity index (χ1) is 10.1.